The van der Waals surface area contributed by atoms with Crippen molar-refractivity contribution in [1.82, 2.24) is 0 Å². The summed E-state index contributed by atoms with van der Waals surface area (Å²) in [5.41, 5.74) is 5.05. The average Bonchev–Trinajstić information content (AvgIpc) is 1.61. The molecule has 3 heteroatoms. The highest BCUT2D eigenvalue weighted by molar-refractivity contribution is 7.80. The van der Waals surface area contributed by atoms with Crippen molar-refractivity contribution >= 4 is 17.4 Å². The number of thiocarbonyl (C=S) groups is 1. The number of hydrogen-bond donors (Lipinski definition) is 1. The summed E-state index contributed by atoms with van der Waals surface area (Å²) in [6, 6.07) is 0. The van der Waals surface area contributed by atoms with Crippen molar-refractivity contribution in [2.75, 3.05) is 6.61 Å². The van der Waals surface area contributed by atoms with Crippen LogP contribution in [0.25, 0.3) is 0 Å². The van der Waals surface area contributed by atoms with Crippen molar-refractivity contribution in [2.45, 2.75) is 13.8 Å². The van der Waals surface area contributed by atoms with Gasteiger partial charge in [0.15, 0.2) is 0 Å². The molecule has 0 radical (unpaired) electrons. The molecule has 0 rings (SSSR count). The third-order valence-electron chi connectivity index (χ3n) is 0.559. The first-order valence-corrected chi connectivity index (χ1v) is 2.96. The van der Waals surface area contributed by atoms with Gasteiger partial charge in [-0.1, -0.05) is 13.8 Å². The Morgan fingerprint density at radius 3 is 2.38 bits per heavy atom. The Kier molecular flexibility index (Phi) is 3.52. The van der Waals surface area contributed by atoms with Crippen molar-refractivity contribution in [2.24, 2.45) is 11.7 Å². The smallest absolute Gasteiger partial charge is 0.253 e. The van der Waals surface area contributed by atoms with E-state index >= 15 is 0 Å². The van der Waals surface area contributed by atoms with Gasteiger partial charge >= 0.3 is 0 Å². The van der Waals surface area contributed by atoms with Crippen LogP contribution in [0.2, 0.25) is 0 Å². The van der Waals surface area contributed by atoms with E-state index in [1.54, 1.807) is 0 Å². The highest BCUT2D eigenvalue weighted by Gasteiger charge is 1.92. The predicted octanol–water partition coefficient (Wildman–Crippen LogP) is 0.903. The zero-order chi connectivity index (χ0) is 6.57. The van der Waals surface area contributed by atoms with Crippen LogP contribution in [0, 0.1) is 5.92 Å². The lowest BCUT2D eigenvalue weighted by atomic mass is 10.2. The van der Waals surface area contributed by atoms with Crippen molar-refractivity contribution in [3.63, 3.8) is 0 Å². The normalized spacial score (nSPS) is 9.38. The lowest BCUT2D eigenvalue weighted by molar-refractivity contribution is 0.262. The average molecular weight is 133 g/mol. The predicted molar refractivity (Wildman–Crippen MR) is 37.6 cm³/mol. The van der Waals surface area contributed by atoms with Crippen LogP contribution in [0.3, 0.4) is 0 Å². The Morgan fingerprint density at radius 1 is 1.75 bits per heavy atom. The summed E-state index contributed by atoms with van der Waals surface area (Å²) in [7, 11) is 0. The molecule has 0 aliphatic rings. The molecular weight excluding hydrogens is 122 g/mol. The van der Waals surface area contributed by atoms with Crippen LogP contribution >= 0.6 is 12.2 Å². The quantitative estimate of drug-likeness (QED) is 0.568. The first-order chi connectivity index (χ1) is 3.63. The molecule has 0 aromatic heterocycles. The van der Waals surface area contributed by atoms with Crippen molar-refractivity contribution in [3.8, 4) is 0 Å². The van der Waals surface area contributed by atoms with Gasteiger partial charge in [-0.15, -0.1) is 0 Å². The van der Waals surface area contributed by atoms with Gasteiger partial charge in [0.25, 0.3) is 5.17 Å². The fraction of sp³-hybridized carbons (Fsp3) is 0.800. The van der Waals surface area contributed by atoms with Crippen LogP contribution in [0.15, 0.2) is 0 Å². The second-order valence-electron chi connectivity index (χ2n) is 2.02. The fourth-order valence-corrected chi connectivity index (χ4v) is 0.317. The Bertz CT molecular complexity index is 82.5. The van der Waals surface area contributed by atoms with Crippen LogP contribution < -0.4 is 5.73 Å². The summed E-state index contributed by atoms with van der Waals surface area (Å²) in [6.07, 6.45) is 0. The van der Waals surface area contributed by atoms with E-state index in [0.717, 1.165) is 0 Å². The van der Waals surface area contributed by atoms with Crippen LogP contribution in [0.4, 0.5) is 0 Å². The molecule has 0 spiro atoms. The maximum absolute atomic E-state index is 5.05. The summed E-state index contributed by atoms with van der Waals surface area (Å²) in [5, 5.41) is 0.138. The molecule has 0 aliphatic heterocycles. The van der Waals surface area contributed by atoms with Crippen LogP contribution in [0.1, 0.15) is 13.8 Å². The number of nitrogens with two attached hydrogens (primary N) is 1. The molecule has 0 bridgehead atoms. The van der Waals surface area contributed by atoms with E-state index in [-0.39, 0.29) is 5.17 Å². The standard InChI is InChI=1S/C5H11NOS/c1-4(2)3-7-5(6)8/h4H,3H2,1-2H3,(H2,6,8). The third kappa shape index (κ3) is 5.69. The molecule has 0 amide bonds. The summed E-state index contributed by atoms with van der Waals surface area (Å²) in [5.74, 6) is 0.497. The first-order valence-electron chi connectivity index (χ1n) is 2.55. The van der Waals surface area contributed by atoms with Gasteiger partial charge in [0, 0.05) is 0 Å². The molecule has 0 unspecified atom stereocenters. The number of ether oxygens (including phenoxy) is 1. The molecule has 48 valence electrons. The minimum atomic E-state index is 0.138. The maximum atomic E-state index is 5.05. The van der Waals surface area contributed by atoms with Crippen LogP contribution in [-0.2, 0) is 4.74 Å². The lowest BCUT2D eigenvalue weighted by Gasteiger charge is -2.04. The van der Waals surface area contributed by atoms with E-state index in [1.807, 2.05) is 13.8 Å². The van der Waals surface area contributed by atoms with E-state index in [0.29, 0.717) is 12.5 Å². The molecule has 0 aliphatic carbocycles. The zero-order valence-corrected chi connectivity index (χ0v) is 5.99. The van der Waals surface area contributed by atoms with Crippen LogP contribution in [0.5, 0.6) is 0 Å². The van der Waals surface area contributed by atoms with Gasteiger partial charge in [0.05, 0.1) is 6.61 Å². The van der Waals surface area contributed by atoms with Crippen LogP contribution in [-0.4, -0.2) is 11.8 Å². The van der Waals surface area contributed by atoms with Gasteiger partial charge in [-0.3, -0.25) is 0 Å². The molecule has 0 fully saturated rings. The van der Waals surface area contributed by atoms with E-state index in [9.17, 15) is 0 Å². The number of hydrogen-bond acceptors (Lipinski definition) is 2. The Hall–Kier alpha value is -0.310. The topological polar surface area (TPSA) is 35.2 Å². The minimum Gasteiger partial charge on any atom is -0.471 e. The van der Waals surface area contributed by atoms with E-state index in [1.165, 1.54) is 0 Å². The second-order valence-corrected chi connectivity index (χ2v) is 2.43. The monoisotopic (exact) mass is 133 g/mol. The molecule has 0 heterocycles. The maximum Gasteiger partial charge on any atom is 0.253 e. The lowest BCUT2D eigenvalue weighted by Crippen LogP contribution is -2.15. The van der Waals surface area contributed by atoms with Crippen molar-refractivity contribution in [3.05, 3.63) is 0 Å². The molecule has 2 nitrogen and oxygen atoms in total. The van der Waals surface area contributed by atoms with E-state index < -0.39 is 0 Å². The van der Waals surface area contributed by atoms with Gasteiger partial charge in [0.1, 0.15) is 0 Å². The SMILES string of the molecule is CC(C)COC(N)=S. The van der Waals surface area contributed by atoms with Gasteiger partial charge < -0.3 is 10.5 Å². The number of rotatable bonds is 2. The molecule has 0 saturated carbocycles. The highest BCUT2D eigenvalue weighted by Crippen LogP contribution is 1.90. The second kappa shape index (κ2) is 3.66. The molecule has 0 saturated heterocycles. The molecule has 8 heavy (non-hydrogen) atoms. The Balaban J connectivity index is 3.05. The summed E-state index contributed by atoms with van der Waals surface area (Å²) >= 11 is 4.47. The van der Waals surface area contributed by atoms with Crippen molar-refractivity contribution < 1.29 is 4.74 Å². The summed E-state index contributed by atoms with van der Waals surface area (Å²) in [6.45, 7) is 4.70. The highest BCUT2D eigenvalue weighted by atomic mass is 32.1. The summed E-state index contributed by atoms with van der Waals surface area (Å²) < 4.78 is 4.81. The largest absolute Gasteiger partial charge is 0.471 e. The van der Waals surface area contributed by atoms with Crippen molar-refractivity contribution in [1.29, 1.82) is 0 Å². The van der Waals surface area contributed by atoms with Gasteiger partial charge in [0.2, 0.25) is 0 Å². The Morgan fingerprint density at radius 2 is 2.25 bits per heavy atom. The van der Waals surface area contributed by atoms with E-state index in [2.05, 4.69) is 12.2 Å². The zero-order valence-electron chi connectivity index (χ0n) is 5.18. The van der Waals surface area contributed by atoms with Gasteiger partial charge in [-0.25, -0.2) is 0 Å². The molecule has 0 aromatic carbocycles. The van der Waals surface area contributed by atoms with E-state index in [4.69, 9.17) is 10.5 Å². The third-order valence-corrected chi connectivity index (χ3v) is 0.677. The molecule has 0 aromatic rings. The molecule has 2 N–H and O–H groups in total. The molecule has 0 atom stereocenters. The Labute approximate surface area is 55.0 Å². The fourth-order valence-electron chi connectivity index (χ4n) is 0.249. The first kappa shape index (κ1) is 7.69. The summed E-state index contributed by atoms with van der Waals surface area (Å²) in [4.78, 5) is 0. The van der Waals surface area contributed by atoms with Gasteiger partial charge in [-0.2, -0.15) is 0 Å². The molecular formula is C5H11NOS. The van der Waals surface area contributed by atoms with Gasteiger partial charge in [-0.05, 0) is 18.1 Å². The minimum absolute atomic E-state index is 0.138.